The first kappa shape index (κ1) is 25.4. The fraction of sp³-hybridized carbons (Fsp3) is 0.385. The number of aryl methyl sites for hydroxylation is 4. The van der Waals surface area contributed by atoms with E-state index in [1.165, 1.54) is 6.07 Å². The second kappa shape index (κ2) is 9.92. The normalized spacial score (nSPS) is 18.4. The minimum absolute atomic E-state index is 0.127. The number of rotatable bonds is 6. The molecule has 0 N–H and O–H groups in total. The van der Waals surface area contributed by atoms with E-state index in [-0.39, 0.29) is 6.04 Å². The maximum absolute atomic E-state index is 14.2. The molecule has 0 unspecified atom stereocenters. The van der Waals surface area contributed by atoms with E-state index in [0.29, 0.717) is 35.7 Å². The highest BCUT2D eigenvalue weighted by Gasteiger charge is 2.32. The summed E-state index contributed by atoms with van der Waals surface area (Å²) in [4.78, 5) is 4.91. The third-order valence-corrected chi connectivity index (χ3v) is 8.05. The Labute approximate surface area is 213 Å². The fourth-order valence-electron chi connectivity index (χ4n) is 4.99. The van der Waals surface area contributed by atoms with Crippen LogP contribution in [0.25, 0.3) is 22.2 Å². The summed E-state index contributed by atoms with van der Waals surface area (Å²) >= 11 is 0. The molecule has 0 bridgehead atoms. The second-order valence-electron chi connectivity index (χ2n) is 9.19. The fourth-order valence-corrected chi connectivity index (χ4v) is 6.26. The predicted octanol–water partition coefficient (Wildman–Crippen LogP) is 6.21. The van der Waals surface area contributed by atoms with Crippen molar-refractivity contribution in [1.29, 1.82) is 0 Å². The SMILES string of the molecule is Cc1noc(C)c1-c1ccc2c(c1)nc(CCc1ccc(OC(F)(F)F)c(F)c1)n2C1CCS(=O)CC1. The Bertz CT molecular complexity index is 1450. The third kappa shape index (κ3) is 5.41. The summed E-state index contributed by atoms with van der Waals surface area (Å²) in [5.41, 5.74) is 4.91. The lowest BCUT2D eigenvalue weighted by Crippen LogP contribution is -2.23. The van der Waals surface area contributed by atoms with Gasteiger partial charge in [-0.3, -0.25) is 4.21 Å². The first-order chi connectivity index (χ1) is 17.6. The summed E-state index contributed by atoms with van der Waals surface area (Å²) in [6.45, 7) is 3.74. The van der Waals surface area contributed by atoms with Crippen molar-refractivity contribution in [1.82, 2.24) is 14.7 Å². The van der Waals surface area contributed by atoms with Crippen LogP contribution < -0.4 is 4.74 Å². The number of ether oxygens (including phenoxy) is 1. The molecule has 11 heteroatoms. The van der Waals surface area contributed by atoms with Crippen LogP contribution in [-0.2, 0) is 23.6 Å². The molecule has 0 saturated carbocycles. The van der Waals surface area contributed by atoms with Crippen molar-refractivity contribution in [2.45, 2.75) is 51.9 Å². The summed E-state index contributed by atoms with van der Waals surface area (Å²) < 4.78 is 74.9. The highest BCUT2D eigenvalue weighted by Crippen LogP contribution is 2.34. The zero-order chi connectivity index (χ0) is 26.3. The van der Waals surface area contributed by atoms with E-state index in [0.717, 1.165) is 58.7 Å². The van der Waals surface area contributed by atoms with E-state index in [4.69, 9.17) is 9.51 Å². The summed E-state index contributed by atoms with van der Waals surface area (Å²) in [6.07, 6.45) is -2.61. The van der Waals surface area contributed by atoms with Gasteiger partial charge in [0.2, 0.25) is 0 Å². The van der Waals surface area contributed by atoms with Gasteiger partial charge in [-0.05, 0) is 68.5 Å². The lowest BCUT2D eigenvalue weighted by atomic mass is 10.0. The van der Waals surface area contributed by atoms with Gasteiger partial charge in [0.1, 0.15) is 11.6 Å². The number of hydrogen-bond acceptors (Lipinski definition) is 5. The quantitative estimate of drug-likeness (QED) is 0.275. The molecular formula is C26H25F4N3O3S. The molecule has 1 aliphatic heterocycles. The molecule has 0 amide bonds. The second-order valence-corrected chi connectivity index (χ2v) is 10.9. The van der Waals surface area contributed by atoms with E-state index in [9.17, 15) is 21.8 Å². The van der Waals surface area contributed by atoms with Crippen LogP contribution in [0.15, 0.2) is 40.9 Å². The lowest BCUT2D eigenvalue weighted by Gasteiger charge is -2.25. The van der Waals surface area contributed by atoms with Crippen molar-refractivity contribution in [3.05, 3.63) is 65.1 Å². The molecule has 37 heavy (non-hydrogen) atoms. The van der Waals surface area contributed by atoms with Crippen molar-refractivity contribution in [3.63, 3.8) is 0 Å². The smallest absolute Gasteiger partial charge is 0.403 e. The van der Waals surface area contributed by atoms with Gasteiger partial charge in [-0.15, -0.1) is 13.2 Å². The predicted molar refractivity (Wildman–Crippen MR) is 131 cm³/mol. The molecule has 6 nitrogen and oxygen atoms in total. The number of alkyl halides is 3. The zero-order valence-corrected chi connectivity index (χ0v) is 21.1. The maximum atomic E-state index is 14.2. The number of halogens is 4. The van der Waals surface area contributed by atoms with E-state index in [1.807, 2.05) is 32.0 Å². The summed E-state index contributed by atoms with van der Waals surface area (Å²) in [5, 5.41) is 4.04. The van der Waals surface area contributed by atoms with Crippen LogP contribution in [0.3, 0.4) is 0 Å². The molecule has 0 spiro atoms. The number of benzene rings is 2. The molecule has 1 aliphatic rings. The average Bonchev–Trinajstić information content (AvgIpc) is 3.37. The van der Waals surface area contributed by atoms with Crippen LogP contribution in [0.5, 0.6) is 5.75 Å². The molecule has 0 atom stereocenters. The van der Waals surface area contributed by atoms with Gasteiger partial charge < -0.3 is 13.8 Å². The van der Waals surface area contributed by atoms with Gasteiger partial charge in [0.15, 0.2) is 11.6 Å². The highest BCUT2D eigenvalue weighted by atomic mass is 32.2. The van der Waals surface area contributed by atoms with Gasteiger partial charge in [-0.2, -0.15) is 0 Å². The highest BCUT2D eigenvalue weighted by molar-refractivity contribution is 7.85. The number of fused-ring (bicyclic) bond motifs is 1. The molecule has 2 aromatic carbocycles. The van der Waals surface area contributed by atoms with E-state index in [2.05, 4.69) is 14.5 Å². The molecule has 196 valence electrons. The molecule has 4 aromatic rings. The summed E-state index contributed by atoms with van der Waals surface area (Å²) in [6, 6.07) is 9.62. The maximum Gasteiger partial charge on any atom is 0.573 e. The van der Waals surface area contributed by atoms with Gasteiger partial charge in [-0.1, -0.05) is 17.3 Å². The van der Waals surface area contributed by atoms with E-state index in [1.54, 1.807) is 0 Å². The summed E-state index contributed by atoms with van der Waals surface area (Å²) in [7, 11) is -0.823. The van der Waals surface area contributed by atoms with Crippen LogP contribution in [0.1, 0.15) is 41.7 Å². The minimum Gasteiger partial charge on any atom is -0.403 e. The van der Waals surface area contributed by atoms with Crippen molar-refractivity contribution >= 4 is 21.8 Å². The topological polar surface area (TPSA) is 70.2 Å². The number of aromatic nitrogens is 3. The first-order valence-electron chi connectivity index (χ1n) is 11.9. The van der Waals surface area contributed by atoms with Crippen molar-refractivity contribution in [2.24, 2.45) is 0 Å². The van der Waals surface area contributed by atoms with Crippen LogP contribution in [-0.4, -0.2) is 36.8 Å². The molecular weight excluding hydrogens is 510 g/mol. The largest absolute Gasteiger partial charge is 0.573 e. The Balaban J connectivity index is 1.47. The van der Waals surface area contributed by atoms with Crippen molar-refractivity contribution in [2.75, 3.05) is 11.5 Å². The standard InChI is InChI=1S/C26H25F4N3O3S/c1-15-25(16(2)36-32-15)18-5-6-22-21(14-18)31-24(33(22)19-9-11-37(34)12-10-19)8-4-17-3-7-23(20(27)13-17)35-26(28,29)30/h3,5-7,13-14,19H,4,8-12H2,1-2H3. The Morgan fingerprint density at radius 3 is 2.51 bits per heavy atom. The molecule has 2 aromatic heterocycles. The number of imidazole rings is 1. The monoisotopic (exact) mass is 535 g/mol. The first-order valence-corrected chi connectivity index (χ1v) is 13.4. The molecule has 5 rings (SSSR count). The van der Waals surface area contributed by atoms with Gasteiger partial charge in [0.05, 0.1) is 16.7 Å². The van der Waals surface area contributed by atoms with Gasteiger partial charge in [-0.25, -0.2) is 9.37 Å². The van der Waals surface area contributed by atoms with E-state index < -0.39 is 28.7 Å². The number of nitrogens with zero attached hydrogens (tertiary/aromatic N) is 3. The van der Waals surface area contributed by atoms with Crippen LogP contribution in [0.4, 0.5) is 17.6 Å². The number of hydrogen-bond donors (Lipinski definition) is 0. The van der Waals surface area contributed by atoms with Crippen LogP contribution in [0.2, 0.25) is 0 Å². The molecule has 3 heterocycles. The summed E-state index contributed by atoms with van der Waals surface area (Å²) in [5.74, 6) is 0.818. The Kier molecular flexibility index (Phi) is 6.82. The Hall–Kier alpha value is -3.21. The Morgan fingerprint density at radius 2 is 1.86 bits per heavy atom. The van der Waals surface area contributed by atoms with Gasteiger partial charge in [0.25, 0.3) is 0 Å². The third-order valence-electron chi connectivity index (χ3n) is 6.67. The molecule has 1 fully saturated rings. The molecule has 0 aliphatic carbocycles. The van der Waals surface area contributed by atoms with E-state index >= 15 is 0 Å². The van der Waals surface area contributed by atoms with Crippen LogP contribution in [0, 0.1) is 19.7 Å². The van der Waals surface area contributed by atoms with Gasteiger partial charge >= 0.3 is 6.36 Å². The molecule has 1 saturated heterocycles. The molecule has 0 radical (unpaired) electrons. The average molecular weight is 536 g/mol. The lowest BCUT2D eigenvalue weighted by molar-refractivity contribution is -0.275. The van der Waals surface area contributed by atoms with Crippen LogP contribution >= 0.6 is 0 Å². The minimum atomic E-state index is -4.96. The van der Waals surface area contributed by atoms with Crippen molar-refractivity contribution in [3.8, 4) is 16.9 Å². The van der Waals surface area contributed by atoms with Crippen molar-refractivity contribution < 1.29 is 31.0 Å². The Morgan fingerprint density at radius 1 is 1.11 bits per heavy atom. The zero-order valence-electron chi connectivity index (χ0n) is 20.3. The van der Waals surface area contributed by atoms with Gasteiger partial charge in [0, 0.05) is 40.3 Å².